The van der Waals surface area contributed by atoms with E-state index in [0.29, 0.717) is 0 Å². The number of aliphatic hydroxyl groups is 1. The van der Waals surface area contributed by atoms with Gasteiger partial charge < -0.3 is 9.84 Å². The highest BCUT2D eigenvalue weighted by Gasteiger charge is 2.10. The van der Waals surface area contributed by atoms with Crippen LogP contribution in [0.4, 0.5) is 0 Å². The summed E-state index contributed by atoms with van der Waals surface area (Å²) < 4.78 is 5.63. The summed E-state index contributed by atoms with van der Waals surface area (Å²) in [5.74, 6) is 0.879. The molecule has 0 fully saturated rings. The van der Waals surface area contributed by atoms with E-state index in [1.54, 1.807) is 6.92 Å². The molecular formula is C13H20O2. The van der Waals surface area contributed by atoms with Gasteiger partial charge in [-0.1, -0.05) is 0 Å². The average Bonchev–Trinajstić information content (AvgIpc) is 1.99. The van der Waals surface area contributed by atoms with Crippen molar-refractivity contribution >= 4 is 0 Å². The van der Waals surface area contributed by atoms with Crippen molar-refractivity contribution in [3.63, 3.8) is 0 Å². The molecule has 0 saturated heterocycles. The molecule has 0 amide bonds. The van der Waals surface area contributed by atoms with Crippen molar-refractivity contribution in [3.05, 3.63) is 28.8 Å². The maximum Gasteiger partial charge on any atom is 0.120 e. The molecule has 1 aromatic carbocycles. The molecule has 84 valence electrons. The quantitative estimate of drug-likeness (QED) is 0.826. The average molecular weight is 208 g/mol. The molecule has 2 nitrogen and oxygen atoms in total. The number of aryl methyl sites for hydroxylation is 2. The van der Waals surface area contributed by atoms with E-state index in [-0.39, 0.29) is 6.10 Å². The first-order valence-corrected chi connectivity index (χ1v) is 5.37. The minimum Gasteiger partial charge on any atom is -0.491 e. The summed E-state index contributed by atoms with van der Waals surface area (Å²) >= 11 is 0. The van der Waals surface area contributed by atoms with Crippen molar-refractivity contribution in [3.8, 4) is 5.75 Å². The van der Waals surface area contributed by atoms with Crippen LogP contribution in [-0.2, 0) is 0 Å². The molecule has 0 aliphatic carbocycles. The summed E-state index contributed by atoms with van der Waals surface area (Å²) in [6.07, 6.45) is -0.237. The normalized spacial score (nSPS) is 13.0. The molecule has 0 saturated carbocycles. The summed E-state index contributed by atoms with van der Waals surface area (Å²) in [7, 11) is 0. The van der Waals surface area contributed by atoms with E-state index >= 15 is 0 Å². The smallest absolute Gasteiger partial charge is 0.120 e. The first-order chi connectivity index (χ1) is 6.91. The minimum absolute atomic E-state index is 0.182. The van der Waals surface area contributed by atoms with Crippen LogP contribution >= 0.6 is 0 Å². The van der Waals surface area contributed by atoms with Gasteiger partial charge in [0.05, 0.1) is 12.2 Å². The van der Waals surface area contributed by atoms with Crippen LogP contribution in [0.2, 0.25) is 0 Å². The molecule has 2 heteroatoms. The van der Waals surface area contributed by atoms with Crippen molar-refractivity contribution in [2.45, 2.75) is 46.8 Å². The second-order valence-electron chi connectivity index (χ2n) is 4.31. The fourth-order valence-electron chi connectivity index (χ4n) is 1.93. The molecular weight excluding hydrogens is 188 g/mol. The number of benzene rings is 1. The topological polar surface area (TPSA) is 29.5 Å². The first-order valence-electron chi connectivity index (χ1n) is 5.37. The van der Waals surface area contributed by atoms with Crippen LogP contribution < -0.4 is 4.74 Å². The Labute approximate surface area is 91.9 Å². The summed E-state index contributed by atoms with van der Waals surface area (Å²) in [4.78, 5) is 0. The zero-order valence-corrected chi connectivity index (χ0v) is 10.2. The summed E-state index contributed by atoms with van der Waals surface area (Å²) in [6, 6.07) is 3.96. The van der Waals surface area contributed by atoms with Gasteiger partial charge in [-0.05, 0) is 63.4 Å². The molecule has 0 spiro atoms. The fraction of sp³-hybridized carbons (Fsp3) is 0.538. The molecule has 1 rings (SSSR count). The third kappa shape index (κ3) is 2.96. The van der Waals surface area contributed by atoms with Crippen LogP contribution in [0.3, 0.4) is 0 Å². The lowest BCUT2D eigenvalue weighted by molar-refractivity contribution is 0.197. The number of aliphatic hydroxyl groups excluding tert-OH is 1. The Morgan fingerprint density at radius 3 is 1.87 bits per heavy atom. The lowest BCUT2D eigenvalue weighted by Gasteiger charge is -2.16. The molecule has 0 aromatic heterocycles. The van der Waals surface area contributed by atoms with E-state index in [0.717, 1.165) is 22.4 Å². The molecule has 0 heterocycles. The lowest BCUT2D eigenvalue weighted by Crippen LogP contribution is -2.07. The van der Waals surface area contributed by atoms with Gasteiger partial charge in [-0.2, -0.15) is 0 Å². The van der Waals surface area contributed by atoms with Crippen molar-refractivity contribution in [1.82, 2.24) is 0 Å². The van der Waals surface area contributed by atoms with Crippen molar-refractivity contribution in [2.24, 2.45) is 0 Å². The van der Waals surface area contributed by atoms with Crippen LogP contribution in [0.1, 0.15) is 43.6 Å². The fourth-order valence-corrected chi connectivity index (χ4v) is 1.93. The predicted molar refractivity (Wildman–Crippen MR) is 62.3 cm³/mol. The number of rotatable bonds is 3. The third-order valence-electron chi connectivity index (χ3n) is 2.36. The zero-order chi connectivity index (χ0) is 11.6. The Bertz CT molecular complexity index is 317. The summed E-state index contributed by atoms with van der Waals surface area (Å²) in [5, 5.41) is 9.62. The Hall–Kier alpha value is -1.02. The van der Waals surface area contributed by atoms with Gasteiger partial charge in [0, 0.05) is 0 Å². The van der Waals surface area contributed by atoms with E-state index in [1.165, 1.54) is 0 Å². The lowest BCUT2D eigenvalue weighted by atomic mass is 9.98. The molecule has 1 unspecified atom stereocenters. The SMILES string of the molecule is Cc1cc(OC(C)C)cc(C)c1C(C)O. The van der Waals surface area contributed by atoms with E-state index < -0.39 is 6.10 Å². The number of hydrogen-bond donors (Lipinski definition) is 1. The zero-order valence-electron chi connectivity index (χ0n) is 10.2. The van der Waals surface area contributed by atoms with E-state index in [4.69, 9.17) is 4.74 Å². The number of ether oxygens (including phenoxy) is 1. The largest absolute Gasteiger partial charge is 0.491 e. The highest BCUT2D eigenvalue weighted by atomic mass is 16.5. The summed E-state index contributed by atoms with van der Waals surface area (Å²) in [6.45, 7) is 9.81. The van der Waals surface area contributed by atoms with E-state index in [2.05, 4.69) is 0 Å². The van der Waals surface area contributed by atoms with Gasteiger partial charge >= 0.3 is 0 Å². The molecule has 1 atom stereocenters. The Balaban J connectivity index is 3.08. The van der Waals surface area contributed by atoms with Gasteiger partial charge in [-0.25, -0.2) is 0 Å². The van der Waals surface area contributed by atoms with Crippen LogP contribution in [0.25, 0.3) is 0 Å². The Morgan fingerprint density at radius 2 is 1.53 bits per heavy atom. The van der Waals surface area contributed by atoms with Crippen LogP contribution in [0.15, 0.2) is 12.1 Å². The van der Waals surface area contributed by atoms with Crippen molar-refractivity contribution < 1.29 is 9.84 Å². The molecule has 1 aromatic rings. The van der Waals surface area contributed by atoms with E-state index in [1.807, 2.05) is 39.8 Å². The van der Waals surface area contributed by atoms with Gasteiger partial charge in [-0.15, -0.1) is 0 Å². The van der Waals surface area contributed by atoms with Gasteiger partial charge in [0.2, 0.25) is 0 Å². The van der Waals surface area contributed by atoms with Gasteiger partial charge in [-0.3, -0.25) is 0 Å². The highest BCUT2D eigenvalue weighted by molar-refractivity contribution is 5.42. The van der Waals surface area contributed by atoms with E-state index in [9.17, 15) is 5.11 Å². The Morgan fingerprint density at radius 1 is 1.07 bits per heavy atom. The second kappa shape index (κ2) is 4.67. The third-order valence-corrected chi connectivity index (χ3v) is 2.36. The maximum absolute atomic E-state index is 9.62. The minimum atomic E-state index is -0.418. The van der Waals surface area contributed by atoms with Crippen molar-refractivity contribution in [1.29, 1.82) is 0 Å². The molecule has 0 radical (unpaired) electrons. The Kier molecular flexibility index (Phi) is 3.75. The van der Waals surface area contributed by atoms with Crippen LogP contribution in [0.5, 0.6) is 5.75 Å². The predicted octanol–water partition coefficient (Wildman–Crippen LogP) is 3.14. The molecule has 15 heavy (non-hydrogen) atoms. The maximum atomic E-state index is 9.62. The highest BCUT2D eigenvalue weighted by Crippen LogP contribution is 2.27. The standard InChI is InChI=1S/C13H20O2/c1-8(2)15-12-6-9(3)13(11(5)14)10(4)7-12/h6-8,11,14H,1-5H3. The van der Waals surface area contributed by atoms with Crippen LogP contribution in [0, 0.1) is 13.8 Å². The molecule has 1 N–H and O–H groups in total. The van der Waals surface area contributed by atoms with Gasteiger partial charge in [0.15, 0.2) is 0 Å². The monoisotopic (exact) mass is 208 g/mol. The van der Waals surface area contributed by atoms with Gasteiger partial charge in [0.25, 0.3) is 0 Å². The molecule has 0 bridgehead atoms. The molecule has 0 aliphatic rings. The van der Waals surface area contributed by atoms with Crippen molar-refractivity contribution in [2.75, 3.05) is 0 Å². The second-order valence-corrected chi connectivity index (χ2v) is 4.31. The first kappa shape index (κ1) is 12.1. The number of hydrogen-bond acceptors (Lipinski definition) is 2. The van der Waals surface area contributed by atoms with Gasteiger partial charge in [0.1, 0.15) is 5.75 Å². The van der Waals surface area contributed by atoms with Crippen LogP contribution in [-0.4, -0.2) is 11.2 Å². The summed E-state index contributed by atoms with van der Waals surface area (Å²) in [5.41, 5.74) is 3.17. The molecule has 0 aliphatic heterocycles.